The molecule has 2 aromatic heterocycles. The van der Waals surface area contributed by atoms with Crippen LogP contribution in [0.3, 0.4) is 0 Å². The zero-order valence-electron chi connectivity index (χ0n) is 15.4. The summed E-state index contributed by atoms with van der Waals surface area (Å²) >= 11 is 0. The van der Waals surface area contributed by atoms with Crippen molar-refractivity contribution in [1.82, 2.24) is 25.3 Å². The van der Waals surface area contributed by atoms with Crippen molar-refractivity contribution in [2.24, 2.45) is 0 Å². The number of rotatable bonds is 4. The van der Waals surface area contributed by atoms with Crippen molar-refractivity contribution in [2.45, 2.75) is 18.9 Å². The van der Waals surface area contributed by atoms with Crippen molar-refractivity contribution in [1.29, 1.82) is 0 Å². The minimum absolute atomic E-state index is 0.264. The van der Waals surface area contributed by atoms with Gasteiger partial charge >= 0.3 is 0 Å². The van der Waals surface area contributed by atoms with E-state index in [0.717, 1.165) is 37.3 Å². The summed E-state index contributed by atoms with van der Waals surface area (Å²) in [5.41, 5.74) is 2.37. The van der Waals surface area contributed by atoms with Crippen LogP contribution >= 0.6 is 0 Å². The number of anilines is 2. The quantitative estimate of drug-likeness (QED) is 0.733. The molecule has 0 spiro atoms. The summed E-state index contributed by atoms with van der Waals surface area (Å²) in [5.74, 6) is 0.740. The summed E-state index contributed by atoms with van der Waals surface area (Å²) in [6.45, 7) is 1.92. The summed E-state index contributed by atoms with van der Waals surface area (Å²) in [6, 6.07) is 5.76. The molecule has 0 atom stereocenters. The molecule has 0 unspecified atom stereocenters. The van der Waals surface area contributed by atoms with Crippen LogP contribution in [-0.4, -0.2) is 53.2 Å². The highest BCUT2D eigenvalue weighted by molar-refractivity contribution is 5.81. The standard InChI is InChI=1S/C19H22FN7/c1-27(2)17-11-22-15-4-3-12(9-16(15)25-17)18-14(20)10-23-19(26-18)24-13-5-7-21-8-6-13/h3-4,9-11,13,21H,5-8H2,1-2H3,(H,23,24,26). The molecular weight excluding hydrogens is 345 g/mol. The topological polar surface area (TPSA) is 78.9 Å². The lowest BCUT2D eigenvalue weighted by Crippen LogP contribution is -2.35. The second-order valence-electron chi connectivity index (χ2n) is 6.88. The number of nitrogens with one attached hydrogen (secondary N) is 2. The third-order valence-electron chi connectivity index (χ3n) is 4.68. The van der Waals surface area contributed by atoms with Gasteiger partial charge in [0.2, 0.25) is 5.95 Å². The normalized spacial score (nSPS) is 15.1. The van der Waals surface area contributed by atoms with Crippen LogP contribution in [0.25, 0.3) is 22.3 Å². The highest BCUT2D eigenvalue weighted by Crippen LogP contribution is 2.25. The first kappa shape index (κ1) is 17.5. The van der Waals surface area contributed by atoms with E-state index in [4.69, 9.17) is 0 Å². The van der Waals surface area contributed by atoms with Gasteiger partial charge in [-0.15, -0.1) is 0 Å². The molecule has 0 saturated carbocycles. The summed E-state index contributed by atoms with van der Waals surface area (Å²) in [6.07, 6.45) is 4.93. The molecule has 0 radical (unpaired) electrons. The third kappa shape index (κ3) is 3.80. The molecule has 27 heavy (non-hydrogen) atoms. The molecule has 0 bridgehead atoms. The zero-order chi connectivity index (χ0) is 18.8. The lowest BCUT2D eigenvalue weighted by Gasteiger charge is -2.23. The minimum atomic E-state index is -0.457. The first-order valence-corrected chi connectivity index (χ1v) is 9.04. The molecule has 1 aromatic carbocycles. The number of nitrogens with zero attached hydrogens (tertiary/aromatic N) is 5. The van der Waals surface area contributed by atoms with Crippen LogP contribution < -0.4 is 15.5 Å². The molecular formula is C19H22FN7. The molecule has 2 N–H and O–H groups in total. The molecule has 3 aromatic rings. The molecule has 8 heteroatoms. The molecule has 3 heterocycles. The van der Waals surface area contributed by atoms with Crippen LogP contribution in [0.15, 0.2) is 30.6 Å². The number of hydrogen-bond acceptors (Lipinski definition) is 7. The van der Waals surface area contributed by atoms with Gasteiger partial charge in [0.15, 0.2) is 5.82 Å². The van der Waals surface area contributed by atoms with E-state index in [-0.39, 0.29) is 5.69 Å². The Labute approximate surface area is 157 Å². The molecule has 1 fully saturated rings. The lowest BCUT2D eigenvalue weighted by atomic mass is 10.1. The largest absolute Gasteiger partial charge is 0.361 e. The number of benzene rings is 1. The molecule has 1 aliphatic rings. The molecule has 4 rings (SSSR count). The molecule has 7 nitrogen and oxygen atoms in total. The van der Waals surface area contributed by atoms with Crippen molar-refractivity contribution in [3.05, 3.63) is 36.4 Å². The van der Waals surface area contributed by atoms with E-state index < -0.39 is 5.82 Å². The van der Waals surface area contributed by atoms with Crippen LogP contribution in [-0.2, 0) is 0 Å². The highest BCUT2D eigenvalue weighted by atomic mass is 19.1. The average molecular weight is 367 g/mol. The highest BCUT2D eigenvalue weighted by Gasteiger charge is 2.16. The van der Waals surface area contributed by atoms with Gasteiger partial charge in [0.25, 0.3) is 0 Å². The molecule has 0 aliphatic carbocycles. The fraction of sp³-hybridized carbons (Fsp3) is 0.368. The lowest BCUT2D eigenvalue weighted by molar-refractivity contribution is 0.477. The summed E-state index contributed by atoms with van der Waals surface area (Å²) in [4.78, 5) is 19.4. The van der Waals surface area contributed by atoms with Gasteiger partial charge in [0.05, 0.1) is 23.4 Å². The predicted molar refractivity (Wildman–Crippen MR) is 104 cm³/mol. The second-order valence-corrected chi connectivity index (χ2v) is 6.88. The van der Waals surface area contributed by atoms with Gasteiger partial charge in [0.1, 0.15) is 11.5 Å². The number of aromatic nitrogens is 4. The van der Waals surface area contributed by atoms with Crippen LogP contribution in [0.1, 0.15) is 12.8 Å². The fourth-order valence-corrected chi connectivity index (χ4v) is 3.15. The van der Waals surface area contributed by atoms with E-state index in [9.17, 15) is 4.39 Å². The molecule has 140 valence electrons. The van der Waals surface area contributed by atoms with Crippen molar-refractivity contribution < 1.29 is 4.39 Å². The van der Waals surface area contributed by atoms with Crippen molar-refractivity contribution in [3.8, 4) is 11.3 Å². The van der Waals surface area contributed by atoms with Crippen LogP contribution in [0.5, 0.6) is 0 Å². The number of fused-ring (bicyclic) bond motifs is 1. The zero-order valence-corrected chi connectivity index (χ0v) is 15.4. The second kappa shape index (κ2) is 7.40. The fourth-order valence-electron chi connectivity index (χ4n) is 3.15. The Morgan fingerprint density at radius 2 is 1.89 bits per heavy atom. The van der Waals surface area contributed by atoms with E-state index in [1.165, 1.54) is 6.20 Å². The first-order chi connectivity index (χ1) is 13.1. The van der Waals surface area contributed by atoms with Crippen LogP contribution in [0.4, 0.5) is 16.2 Å². The van der Waals surface area contributed by atoms with Gasteiger partial charge in [-0.05, 0) is 38.1 Å². The maximum Gasteiger partial charge on any atom is 0.223 e. The van der Waals surface area contributed by atoms with Gasteiger partial charge in [-0.25, -0.2) is 19.3 Å². The number of halogens is 1. The molecule has 0 amide bonds. The predicted octanol–water partition coefficient (Wildman–Crippen LogP) is 2.46. The van der Waals surface area contributed by atoms with E-state index in [2.05, 4.69) is 30.6 Å². The van der Waals surface area contributed by atoms with Crippen LogP contribution in [0.2, 0.25) is 0 Å². The van der Waals surface area contributed by atoms with Crippen molar-refractivity contribution in [2.75, 3.05) is 37.4 Å². The number of piperidine rings is 1. The van der Waals surface area contributed by atoms with E-state index in [0.29, 0.717) is 23.1 Å². The number of hydrogen-bond donors (Lipinski definition) is 2. The van der Waals surface area contributed by atoms with E-state index in [1.54, 1.807) is 6.20 Å². The Morgan fingerprint density at radius 1 is 1.07 bits per heavy atom. The third-order valence-corrected chi connectivity index (χ3v) is 4.68. The van der Waals surface area contributed by atoms with Gasteiger partial charge in [-0.1, -0.05) is 6.07 Å². The van der Waals surface area contributed by atoms with E-state index in [1.807, 2.05) is 37.2 Å². The molecule has 1 aliphatic heterocycles. The maximum absolute atomic E-state index is 14.4. The Balaban J connectivity index is 1.67. The first-order valence-electron chi connectivity index (χ1n) is 9.04. The van der Waals surface area contributed by atoms with Gasteiger partial charge < -0.3 is 15.5 Å². The maximum atomic E-state index is 14.4. The van der Waals surface area contributed by atoms with Crippen molar-refractivity contribution >= 4 is 22.8 Å². The smallest absolute Gasteiger partial charge is 0.223 e. The Hall–Kier alpha value is -2.87. The summed E-state index contributed by atoms with van der Waals surface area (Å²) in [5, 5.41) is 6.64. The van der Waals surface area contributed by atoms with Crippen molar-refractivity contribution in [3.63, 3.8) is 0 Å². The Bertz CT molecular complexity index is 954. The monoisotopic (exact) mass is 367 g/mol. The summed E-state index contributed by atoms with van der Waals surface area (Å²) in [7, 11) is 3.81. The Kier molecular flexibility index (Phi) is 4.81. The average Bonchev–Trinajstić information content (AvgIpc) is 2.69. The SMILES string of the molecule is CN(C)c1cnc2ccc(-c3nc(NC4CCNCC4)ncc3F)cc2n1. The molecule has 1 saturated heterocycles. The van der Waals surface area contributed by atoms with Crippen LogP contribution in [0, 0.1) is 5.82 Å². The van der Waals surface area contributed by atoms with Gasteiger partial charge in [0, 0.05) is 25.7 Å². The van der Waals surface area contributed by atoms with Gasteiger partial charge in [-0.2, -0.15) is 0 Å². The van der Waals surface area contributed by atoms with Gasteiger partial charge in [-0.3, -0.25) is 4.98 Å². The Morgan fingerprint density at radius 3 is 2.67 bits per heavy atom. The van der Waals surface area contributed by atoms with E-state index >= 15 is 0 Å². The minimum Gasteiger partial charge on any atom is -0.361 e. The summed E-state index contributed by atoms with van der Waals surface area (Å²) < 4.78 is 14.4.